The van der Waals surface area contributed by atoms with E-state index in [1.54, 1.807) is 23.9 Å². The Bertz CT molecular complexity index is 692. The maximum absolute atomic E-state index is 12.5. The molecule has 0 saturated carbocycles. The van der Waals surface area contributed by atoms with E-state index in [1.807, 2.05) is 31.5 Å². The smallest absolute Gasteiger partial charge is 0.287 e. The monoisotopic (exact) mass is 389 g/mol. The predicted molar refractivity (Wildman–Crippen MR) is 110 cm³/mol. The van der Waals surface area contributed by atoms with Crippen LogP contribution in [0.25, 0.3) is 0 Å². The van der Waals surface area contributed by atoms with E-state index in [0.717, 1.165) is 24.4 Å². The predicted octanol–water partition coefficient (Wildman–Crippen LogP) is 2.77. The lowest BCUT2D eigenvalue weighted by Crippen LogP contribution is -2.47. The third kappa shape index (κ3) is 7.02. The average molecular weight is 390 g/mol. The maximum atomic E-state index is 12.5. The number of anilines is 1. The molecular formula is C20H27N3O3S. The molecule has 2 amide bonds. The van der Waals surface area contributed by atoms with E-state index in [-0.39, 0.29) is 17.6 Å². The van der Waals surface area contributed by atoms with Crippen LogP contribution in [0, 0.1) is 0 Å². The summed E-state index contributed by atoms with van der Waals surface area (Å²) in [5.41, 5.74) is 1.15. The van der Waals surface area contributed by atoms with Crippen LogP contribution < -0.4 is 15.5 Å². The highest BCUT2D eigenvalue weighted by molar-refractivity contribution is 7.98. The van der Waals surface area contributed by atoms with Crippen LogP contribution in [0.3, 0.4) is 0 Å². The van der Waals surface area contributed by atoms with Gasteiger partial charge in [-0.1, -0.05) is 18.2 Å². The Hall–Kier alpha value is -2.41. The van der Waals surface area contributed by atoms with Gasteiger partial charge in [0.25, 0.3) is 5.91 Å². The van der Waals surface area contributed by atoms with Crippen molar-refractivity contribution in [1.29, 1.82) is 0 Å². The van der Waals surface area contributed by atoms with Crippen LogP contribution in [0.2, 0.25) is 0 Å². The number of benzene rings is 1. The van der Waals surface area contributed by atoms with Crippen molar-refractivity contribution in [2.45, 2.75) is 18.9 Å². The van der Waals surface area contributed by atoms with Crippen LogP contribution in [0.5, 0.6) is 0 Å². The van der Waals surface area contributed by atoms with E-state index in [9.17, 15) is 9.59 Å². The molecule has 1 aromatic heterocycles. The second kappa shape index (κ2) is 11.3. The van der Waals surface area contributed by atoms with Crippen molar-refractivity contribution in [3.8, 4) is 0 Å². The highest BCUT2D eigenvalue weighted by atomic mass is 32.2. The number of nitrogens with one attached hydrogen (secondary N) is 2. The Morgan fingerprint density at radius 3 is 2.63 bits per heavy atom. The van der Waals surface area contributed by atoms with E-state index < -0.39 is 6.04 Å². The van der Waals surface area contributed by atoms with Crippen LogP contribution in [-0.2, 0) is 4.79 Å². The van der Waals surface area contributed by atoms with Crippen molar-refractivity contribution in [2.24, 2.45) is 0 Å². The minimum atomic E-state index is -0.568. The number of hydrogen-bond donors (Lipinski definition) is 2. The molecule has 2 rings (SSSR count). The first-order valence-electron chi connectivity index (χ1n) is 8.99. The normalized spacial score (nSPS) is 11.6. The number of para-hydroxylation sites is 1. The molecule has 0 aliphatic carbocycles. The standard InChI is InChI=1S/C20H27N3O3S/c1-23(16-8-4-3-5-9-16)13-7-12-21-19(24)17(11-15-27-2)22-20(25)18-10-6-14-26-18/h3-6,8-10,14,17H,7,11-13,15H2,1-2H3,(H,21,24)(H,22,25)/t17-/m1/s1. The lowest BCUT2D eigenvalue weighted by atomic mass is 10.2. The van der Waals surface area contributed by atoms with Crippen molar-refractivity contribution >= 4 is 29.3 Å². The first-order valence-corrected chi connectivity index (χ1v) is 10.4. The van der Waals surface area contributed by atoms with Crippen LogP contribution in [0.4, 0.5) is 5.69 Å². The Labute approximate surface area is 164 Å². The molecule has 1 aromatic carbocycles. The van der Waals surface area contributed by atoms with Gasteiger partial charge in [0.15, 0.2) is 5.76 Å². The van der Waals surface area contributed by atoms with Gasteiger partial charge >= 0.3 is 0 Å². The lowest BCUT2D eigenvalue weighted by Gasteiger charge is -2.20. The van der Waals surface area contributed by atoms with E-state index in [4.69, 9.17) is 4.42 Å². The molecule has 0 spiro atoms. The fourth-order valence-corrected chi connectivity index (χ4v) is 3.08. The molecule has 0 saturated heterocycles. The zero-order valence-electron chi connectivity index (χ0n) is 15.8. The zero-order valence-corrected chi connectivity index (χ0v) is 16.6. The Balaban J connectivity index is 1.78. The molecule has 7 heteroatoms. The average Bonchev–Trinajstić information content (AvgIpc) is 3.23. The van der Waals surface area contributed by atoms with Gasteiger partial charge in [-0.05, 0) is 49.1 Å². The first kappa shape index (κ1) is 20.9. The van der Waals surface area contributed by atoms with Gasteiger partial charge in [0, 0.05) is 25.8 Å². The maximum Gasteiger partial charge on any atom is 0.287 e. The first-order chi connectivity index (χ1) is 13.1. The van der Waals surface area contributed by atoms with Gasteiger partial charge < -0.3 is 20.0 Å². The minimum Gasteiger partial charge on any atom is -0.459 e. The number of hydrogen-bond acceptors (Lipinski definition) is 5. The second-order valence-electron chi connectivity index (χ2n) is 6.19. The summed E-state index contributed by atoms with van der Waals surface area (Å²) in [5, 5.41) is 5.69. The SMILES string of the molecule is CSCC[C@@H](NC(=O)c1ccco1)C(=O)NCCCN(C)c1ccccc1. The van der Waals surface area contributed by atoms with Gasteiger partial charge in [0.1, 0.15) is 6.04 Å². The third-order valence-electron chi connectivity index (χ3n) is 4.14. The summed E-state index contributed by atoms with van der Waals surface area (Å²) < 4.78 is 5.09. The molecule has 6 nitrogen and oxygen atoms in total. The molecule has 146 valence electrons. The lowest BCUT2D eigenvalue weighted by molar-refractivity contribution is -0.123. The van der Waals surface area contributed by atoms with E-state index >= 15 is 0 Å². The molecule has 0 fully saturated rings. The quantitative estimate of drug-likeness (QED) is 0.578. The van der Waals surface area contributed by atoms with Crippen molar-refractivity contribution in [1.82, 2.24) is 10.6 Å². The molecule has 0 unspecified atom stereocenters. The summed E-state index contributed by atoms with van der Waals surface area (Å²) in [6.07, 6.45) is 4.81. The third-order valence-corrected chi connectivity index (χ3v) is 4.79. The van der Waals surface area contributed by atoms with Gasteiger partial charge in [0.2, 0.25) is 5.91 Å². The molecule has 1 atom stereocenters. The number of amides is 2. The molecule has 1 heterocycles. The summed E-state index contributed by atoms with van der Waals surface area (Å²) in [6, 6.07) is 12.8. The molecule has 2 aromatic rings. The van der Waals surface area contributed by atoms with Crippen molar-refractivity contribution in [3.63, 3.8) is 0 Å². The number of carbonyl (C=O) groups excluding carboxylic acids is 2. The summed E-state index contributed by atoms with van der Waals surface area (Å²) in [5.74, 6) is 0.464. The topological polar surface area (TPSA) is 74.6 Å². The van der Waals surface area contributed by atoms with E-state index in [1.165, 1.54) is 6.26 Å². The zero-order chi connectivity index (χ0) is 19.5. The van der Waals surface area contributed by atoms with Gasteiger partial charge in [0.05, 0.1) is 6.26 Å². The van der Waals surface area contributed by atoms with E-state index in [2.05, 4.69) is 27.7 Å². The highest BCUT2D eigenvalue weighted by Crippen LogP contribution is 2.10. The molecule has 0 radical (unpaired) electrons. The molecular weight excluding hydrogens is 362 g/mol. The number of rotatable bonds is 11. The summed E-state index contributed by atoms with van der Waals surface area (Å²) in [7, 11) is 2.03. The largest absolute Gasteiger partial charge is 0.459 e. The van der Waals surface area contributed by atoms with Gasteiger partial charge in [-0.15, -0.1) is 0 Å². The fourth-order valence-electron chi connectivity index (χ4n) is 2.60. The van der Waals surface area contributed by atoms with Gasteiger partial charge in [-0.25, -0.2) is 0 Å². The molecule has 2 N–H and O–H groups in total. The van der Waals surface area contributed by atoms with Crippen molar-refractivity contribution in [2.75, 3.05) is 37.0 Å². The van der Waals surface area contributed by atoms with Crippen molar-refractivity contribution < 1.29 is 14.0 Å². The van der Waals surface area contributed by atoms with Gasteiger partial charge in [-0.2, -0.15) is 11.8 Å². The summed E-state index contributed by atoms with van der Waals surface area (Å²) >= 11 is 1.64. The van der Waals surface area contributed by atoms with Crippen LogP contribution in [0.15, 0.2) is 53.1 Å². The molecule has 0 bridgehead atoms. The molecule has 27 heavy (non-hydrogen) atoms. The summed E-state index contributed by atoms with van der Waals surface area (Å²) in [6.45, 7) is 1.39. The van der Waals surface area contributed by atoms with Crippen LogP contribution in [-0.4, -0.2) is 50.0 Å². The second-order valence-corrected chi connectivity index (χ2v) is 7.17. The number of carbonyl (C=O) groups is 2. The van der Waals surface area contributed by atoms with Crippen molar-refractivity contribution in [3.05, 3.63) is 54.5 Å². The number of nitrogens with zero attached hydrogens (tertiary/aromatic N) is 1. The minimum absolute atomic E-state index is 0.161. The Kier molecular flexibility index (Phi) is 8.77. The Morgan fingerprint density at radius 2 is 1.96 bits per heavy atom. The van der Waals surface area contributed by atoms with Gasteiger partial charge in [-0.3, -0.25) is 9.59 Å². The molecule has 0 aliphatic heterocycles. The van der Waals surface area contributed by atoms with E-state index in [0.29, 0.717) is 13.0 Å². The highest BCUT2D eigenvalue weighted by Gasteiger charge is 2.21. The number of thioether (sulfide) groups is 1. The van der Waals surface area contributed by atoms with Crippen LogP contribution >= 0.6 is 11.8 Å². The van der Waals surface area contributed by atoms with Crippen LogP contribution in [0.1, 0.15) is 23.4 Å². The summed E-state index contributed by atoms with van der Waals surface area (Å²) in [4.78, 5) is 26.8. The fraction of sp³-hybridized carbons (Fsp3) is 0.400. The molecule has 0 aliphatic rings. The Morgan fingerprint density at radius 1 is 1.19 bits per heavy atom. The number of furan rings is 1.